The Kier molecular flexibility index (Phi) is 6.54. The summed E-state index contributed by atoms with van der Waals surface area (Å²) < 4.78 is 10.5. The fourth-order valence-electron chi connectivity index (χ4n) is 2.88. The molecule has 0 radical (unpaired) electrons. The number of benzene rings is 2. The number of carbonyl (C=O) groups is 2. The molecule has 6 nitrogen and oxygen atoms in total. The molecule has 1 aliphatic carbocycles. The number of carbonyl (C=O) groups excluding carboxylic acids is 2. The van der Waals surface area contributed by atoms with Gasteiger partial charge in [-0.3, -0.25) is 9.59 Å². The van der Waals surface area contributed by atoms with Crippen molar-refractivity contribution in [1.29, 1.82) is 0 Å². The van der Waals surface area contributed by atoms with Crippen LogP contribution in [0.15, 0.2) is 48.5 Å². The Balaban J connectivity index is 1.56. The molecule has 6 heteroatoms. The molecule has 0 bridgehead atoms. The Morgan fingerprint density at radius 3 is 2.34 bits per heavy atom. The van der Waals surface area contributed by atoms with Crippen molar-refractivity contribution in [2.45, 2.75) is 31.8 Å². The lowest BCUT2D eigenvalue weighted by Gasteiger charge is -2.15. The normalized spacial score (nSPS) is 14.3. The molecule has 1 fully saturated rings. The maximum atomic E-state index is 12.3. The summed E-state index contributed by atoms with van der Waals surface area (Å²) in [4.78, 5) is 24.3. The summed E-state index contributed by atoms with van der Waals surface area (Å²) >= 11 is 0. The maximum absolute atomic E-state index is 12.3. The van der Waals surface area contributed by atoms with Crippen molar-refractivity contribution < 1.29 is 19.1 Å². The van der Waals surface area contributed by atoms with Gasteiger partial charge in [-0.25, -0.2) is 0 Å². The molecule has 1 aliphatic rings. The van der Waals surface area contributed by atoms with Crippen LogP contribution in [0.25, 0.3) is 6.08 Å². The van der Waals surface area contributed by atoms with Crippen LogP contribution < -0.4 is 20.1 Å². The van der Waals surface area contributed by atoms with Gasteiger partial charge in [-0.2, -0.15) is 0 Å². The quantitative estimate of drug-likeness (QED) is 0.672. The summed E-state index contributed by atoms with van der Waals surface area (Å²) in [5.41, 5.74) is 2.39. The Morgan fingerprint density at radius 1 is 1.03 bits per heavy atom. The lowest BCUT2D eigenvalue weighted by molar-refractivity contribution is -0.117. The first-order valence-electron chi connectivity index (χ1n) is 9.61. The van der Waals surface area contributed by atoms with Gasteiger partial charge < -0.3 is 20.1 Å². The molecular weight excluding hydrogens is 368 g/mol. The van der Waals surface area contributed by atoms with Crippen LogP contribution in [-0.4, -0.2) is 32.1 Å². The summed E-state index contributed by atoms with van der Waals surface area (Å²) in [6.45, 7) is 1.90. The van der Waals surface area contributed by atoms with Gasteiger partial charge in [0.25, 0.3) is 5.91 Å². The van der Waals surface area contributed by atoms with Crippen LogP contribution in [-0.2, 0) is 4.79 Å². The average molecular weight is 394 g/mol. The zero-order valence-electron chi connectivity index (χ0n) is 16.9. The van der Waals surface area contributed by atoms with Gasteiger partial charge in [0.05, 0.1) is 20.3 Å². The smallest absolute Gasteiger partial charge is 0.251 e. The number of hydrogen-bond donors (Lipinski definition) is 2. The number of hydrogen-bond acceptors (Lipinski definition) is 4. The van der Waals surface area contributed by atoms with E-state index in [9.17, 15) is 9.59 Å². The van der Waals surface area contributed by atoms with E-state index in [1.54, 1.807) is 32.4 Å². The third-order valence-electron chi connectivity index (χ3n) is 4.78. The molecule has 1 unspecified atom stereocenters. The summed E-state index contributed by atoms with van der Waals surface area (Å²) in [6, 6.07) is 12.9. The van der Waals surface area contributed by atoms with E-state index in [0.717, 1.165) is 24.0 Å². The minimum Gasteiger partial charge on any atom is -0.493 e. The van der Waals surface area contributed by atoms with Crippen molar-refractivity contribution in [3.8, 4) is 11.5 Å². The van der Waals surface area contributed by atoms with Gasteiger partial charge in [0.15, 0.2) is 11.5 Å². The molecule has 0 heterocycles. The summed E-state index contributed by atoms with van der Waals surface area (Å²) in [7, 11) is 3.16. The Labute approximate surface area is 170 Å². The van der Waals surface area contributed by atoms with Gasteiger partial charge in [0.1, 0.15) is 0 Å². The number of amides is 2. The van der Waals surface area contributed by atoms with E-state index >= 15 is 0 Å². The van der Waals surface area contributed by atoms with E-state index < -0.39 is 0 Å². The van der Waals surface area contributed by atoms with E-state index in [4.69, 9.17) is 9.47 Å². The van der Waals surface area contributed by atoms with Crippen LogP contribution in [0.1, 0.15) is 47.3 Å². The van der Waals surface area contributed by atoms with E-state index in [0.29, 0.717) is 23.1 Å². The third kappa shape index (κ3) is 5.60. The molecule has 2 N–H and O–H groups in total. The first-order valence-corrected chi connectivity index (χ1v) is 9.61. The topological polar surface area (TPSA) is 76.7 Å². The van der Waals surface area contributed by atoms with Crippen molar-refractivity contribution in [3.63, 3.8) is 0 Å². The molecule has 3 rings (SSSR count). The lowest BCUT2D eigenvalue weighted by atomic mass is 10.1. The van der Waals surface area contributed by atoms with Crippen LogP contribution in [0.3, 0.4) is 0 Å². The highest BCUT2D eigenvalue weighted by Gasteiger charge is 2.23. The monoisotopic (exact) mass is 394 g/mol. The first kappa shape index (κ1) is 20.5. The van der Waals surface area contributed by atoms with Crippen LogP contribution in [0.4, 0.5) is 0 Å². The molecule has 2 aromatic rings. The maximum Gasteiger partial charge on any atom is 0.251 e. The number of nitrogens with one attached hydrogen (secondary N) is 2. The summed E-state index contributed by atoms with van der Waals surface area (Å²) in [5, 5.41) is 5.88. The van der Waals surface area contributed by atoms with Gasteiger partial charge in [-0.1, -0.05) is 18.2 Å². The molecule has 2 aromatic carbocycles. The second kappa shape index (κ2) is 9.28. The first-order chi connectivity index (χ1) is 14.0. The Bertz CT molecular complexity index is 902. The molecule has 0 aromatic heterocycles. The highest BCUT2D eigenvalue weighted by Crippen LogP contribution is 2.29. The van der Waals surface area contributed by atoms with Crippen molar-refractivity contribution in [1.82, 2.24) is 10.6 Å². The average Bonchev–Trinajstić information content (AvgIpc) is 3.56. The number of ether oxygens (including phenoxy) is 2. The molecule has 29 heavy (non-hydrogen) atoms. The fourth-order valence-corrected chi connectivity index (χ4v) is 2.88. The third-order valence-corrected chi connectivity index (χ3v) is 4.78. The fraction of sp³-hybridized carbons (Fsp3) is 0.304. The molecule has 0 spiro atoms. The number of rotatable bonds is 8. The minimum absolute atomic E-state index is 0.0514. The van der Waals surface area contributed by atoms with E-state index in [2.05, 4.69) is 10.6 Å². The van der Waals surface area contributed by atoms with Crippen molar-refractivity contribution in [2.24, 2.45) is 0 Å². The summed E-state index contributed by atoms with van der Waals surface area (Å²) in [5.74, 6) is 1.00. The molecule has 1 atom stereocenters. The van der Waals surface area contributed by atoms with E-state index in [-0.39, 0.29) is 17.9 Å². The van der Waals surface area contributed by atoms with Crippen LogP contribution in [0.2, 0.25) is 0 Å². The molecule has 0 saturated heterocycles. The number of methoxy groups -OCH3 is 2. The van der Waals surface area contributed by atoms with Gasteiger partial charge in [0, 0.05) is 17.7 Å². The zero-order valence-corrected chi connectivity index (χ0v) is 16.9. The minimum atomic E-state index is -0.206. The van der Waals surface area contributed by atoms with E-state index in [1.807, 2.05) is 37.3 Å². The SMILES string of the molecule is COc1ccc(C(C)NC(=O)/C=C/c2ccc(C(=O)NC3CC3)cc2)cc1OC. The van der Waals surface area contributed by atoms with Crippen molar-refractivity contribution in [2.75, 3.05) is 14.2 Å². The van der Waals surface area contributed by atoms with E-state index in [1.165, 1.54) is 6.08 Å². The Hall–Kier alpha value is -3.28. The molecule has 1 saturated carbocycles. The van der Waals surface area contributed by atoms with Crippen molar-refractivity contribution >= 4 is 17.9 Å². The second-order valence-corrected chi connectivity index (χ2v) is 7.05. The highest BCUT2D eigenvalue weighted by molar-refractivity contribution is 5.95. The second-order valence-electron chi connectivity index (χ2n) is 7.05. The van der Waals surface area contributed by atoms with Crippen molar-refractivity contribution in [3.05, 3.63) is 65.2 Å². The standard InChI is InChI=1S/C23H26N2O4/c1-15(18-9-12-20(28-2)21(14-18)29-3)24-22(26)13-6-16-4-7-17(8-5-16)23(27)25-19-10-11-19/h4-9,12-15,19H,10-11H2,1-3H3,(H,24,26)(H,25,27)/b13-6+. The molecule has 2 amide bonds. The lowest BCUT2D eigenvalue weighted by Crippen LogP contribution is -2.25. The zero-order chi connectivity index (χ0) is 20.8. The Morgan fingerprint density at radius 2 is 1.72 bits per heavy atom. The predicted molar refractivity (Wildman–Crippen MR) is 112 cm³/mol. The molecular formula is C23H26N2O4. The van der Waals surface area contributed by atoms with Gasteiger partial charge >= 0.3 is 0 Å². The largest absolute Gasteiger partial charge is 0.493 e. The predicted octanol–water partition coefficient (Wildman–Crippen LogP) is 3.49. The highest BCUT2D eigenvalue weighted by atomic mass is 16.5. The van der Waals surface area contributed by atoms with Crippen LogP contribution >= 0.6 is 0 Å². The molecule has 152 valence electrons. The molecule has 0 aliphatic heterocycles. The van der Waals surface area contributed by atoms with Crippen LogP contribution in [0, 0.1) is 0 Å². The van der Waals surface area contributed by atoms with Gasteiger partial charge in [-0.15, -0.1) is 0 Å². The van der Waals surface area contributed by atoms with Crippen LogP contribution in [0.5, 0.6) is 11.5 Å². The van der Waals surface area contributed by atoms with Gasteiger partial charge in [-0.05, 0) is 61.2 Å². The summed E-state index contributed by atoms with van der Waals surface area (Å²) in [6.07, 6.45) is 5.32. The van der Waals surface area contributed by atoms with Gasteiger partial charge in [0.2, 0.25) is 5.91 Å².